The van der Waals surface area contributed by atoms with Crippen LogP contribution in [0.15, 0.2) is 59.5 Å². The quantitative estimate of drug-likeness (QED) is 0.303. The number of nitrogens with one attached hydrogen (secondary N) is 2. The highest BCUT2D eigenvalue weighted by Gasteiger charge is 2.25. The average molecular weight is 559 g/mol. The van der Waals surface area contributed by atoms with E-state index in [0.29, 0.717) is 18.0 Å². The Balaban J connectivity index is 1.81. The summed E-state index contributed by atoms with van der Waals surface area (Å²) in [6.07, 6.45) is 0. The van der Waals surface area contributed by atoms with Gasteiger partial charge in [0.1, 0.15) is 6.61 Å². The van der Waals surface area contributed by atoms with Gasteiger partial charge in [0, 0.05) is 18.2 Å². The van der Waals surface area contributed by atoms with Crippen LogP contribution in [0.25, 0.3) is 0 Å². The summed E-state index contributed by atoms with van der Waals surface area (Å²) in [5.74, 6) is 1.13. The topological polar surface area (TPSA) is 142 Å². The molecule has 0 saturated heterocycles. The number of methoxy groups -OCH3 is 1. The van der Waals surface area contributed by atoms with Gasteiger partial charge in [-0.25, -0.2) is 8.42 Å². The first-order chi connectivity index (χ1) is 18.7. The molecule has 0 atom stereocenters. The first-order valence-electron chi connectivity index (χ1n) is 12.1. The van der Waals surface area contributed by atoms with Crippen molar-refractivity contribution in [1.29, 1.82) is 0 Å². The van der Waals surface area contributed by atoms with Crippen LogP contribution in [0, 0.1) is 5.92 Å². The van der Waals surface area contributed by atoms with E-state index in [-0.39, 0.29) is 65.1 Å². The molecule has 3 aromatic carbocycles. The van der Waals surface area contributed by atoms with Crippen molar-refractivity contribution >= 4 is 21.6 Å². The van der Waals surface area contributed by atoms with E-state index < -0.39 is 15.9 Å². The number of anilines is 1. The van der Waals surface area contributed by atoms with Crippen molar-refractivity contribution in [2.75, 3.05) is 38.4 Å². The predicted octanol–water partition coefficient (Wildman–Crippen LogP) is 3.77. The lowest BCUT2D eigenvalue weighted by molar-refractivity contribution is 0.0948. The van der Waals surface area contributed by atoms with Gasteiger partial charge in [-0.05, 0) is 42.3 Å². The summed E-state index contributed by atoms with van der Waals surface area (Å²) >= 11 is 0. The Morgan fingerprint density at radius 1 is 1.03 bits per heavy atom. The second-order valence-corrected chi connectivity index (χ2v) is 10.6. The number of amides is 1. The van der Waals surface area contributed by atoms with Crippen molar-refractivity contribution < 1.29 is 42.0 Å². The third-order valence-electron chi connectivity index (χ3n) is 5.52. The SMILES string of the molecule is COc1ccccc1Oc1c(NS(=O)(=O)c2ccc3c(c2)OCO3)cc(C(=O)NCC(C)C)cc1OCCO. The number of aliphatic hydroxyl groups is 1. The fraction of sp³-hybridized carbons (Fsp3) is 0.296. The van der Waals surface area contributed by atoms with Gasteiger partial charge in [-0.1, -0.05) is 26.0 Å². The molecular weight excluding hydrogens is 528 g/mol. The summed E-state index contributed by atoms with van der Waals surface area (Å²) in [4.78, 5) is 12.9. The van der Waals surface area contributed by atoms with Crippen LogP contribution < -0.4 is 33.7 Å². The molecule has 11 nitrogen and oxygen atoms in total. The van der Waals surface area contributed by atoms with Crippen LogP contribution in [0.2, 0.25) is 0 Å². The maximum Gasteiger partial charge on any atom is 0.262 e. The molecule has 1 aliphatic rings. The lowest BCUT2D eigenvalue weighted by atomic mass is 10.1. The number of carbonyl (C=O) groups is 1. The van der Waals surface area contributed by atoms with Crippen molar-refractivity contribution in [3.8, 4) is 34.5 Å². The monoisotopic (exact) mass is 558 g/mol. The Hall–Kier alpha value is -4.16. The van der Waals surface area contributed by atoms with Crippen LogP contribution in [0.1, 0.15) is 24.2 Å². The van der Waals surface area contributed by atoms with Gasteiger partial charge in [0.2, 0.25) is 6.79 Å². The highest BCUT2D eigenvalue weighted by Crippen LogP contribution is 2.44. The number of benzene rings is 3. The van der Waals surface area contributed by atoms with E-state index in [1.807, 2.05) is 13.8 Å². The minimum atomic E-state index is -4.20. The number of carbonyl (C=O) groups excluding carboxylic acids is 1. The van der Waals surface area contributed by atoms with Crippen LogP contribution >= 0.6 is 0 Å². The second kappa shape index (κ2) is 12.1. The van der Waals surface area contributed by atoms with Gasteiger partial charge in [-0.3, -0.25) is 9.52 Å². The lowest BCUT2D eigenvalue weighted by Gasteiger charge is -2.20. The smallest absolute Gasteiger partial charge is 0.262 e. The summed E-state index contributed by atoms with van der Waals surface area (Å²) in [6, 6.07) is 13.8. The zero-order chi connectivity index (χ0) is 28.0. The zero-order valence-electron chi connectivity index (χ0n) is 21.7. The normalized spacial score (nSPS) is 12.2. The highest BCUT2D eigenvalue weighted by atomic mass is 32.2. The summed E-state index contributed by atoms with van der Waals surface area (Å²) in [5, 5.41) is 12.2. The molecule has 0 bridgehead atoms. The third kappa shape index (κ3) is 6.65. The van der Waals surface area contributed by atoms with Crippen molar-refractivity contribution in [3.05, 3.63) is 60.2 Å². The molecule has 0 radical (unpaired) electrons. The van der Waals surface area contributed by atoms with E-state index >= 15 is 0 Å². The largest absolute Gasteiger partial charge is 0.493 e. The molecule has 4 rings (SSSR count). The summed E-state index contributed by atoms with van der Waals surface area (Å²) in [5.41, 5.74) is 0.0584. The predicted molar refractivity (Wildman–Crippen MR) is 143 cm³/mol. The summed E-state index contributed by atoms with van der Waals surface area (Å²) < 4.78 is 57.3. The minimum absolute atomic E-state index is 0.0117. The van der Waals surface area contributed by atoms with Crippen LogP contribution in [-0.4, -0.2) is 53.1 Å². The molecule has 0 aromatic heterocycles. The van der Waals surface area contributed by atoms with E-state index in [0.717, 1.165) is 0 Å². The van der Waals surface area contributed by atoms with E-state index in [4.69, 9.17) is 23.7 Å². The molecule has 0 spiro atoms. The molecule has 3 N–H and O–H groups in total. The van der Waals surface area contributed by atoms with E-state index in [1.54, 1.807) is 24.3 Å². The molecule has 1 amide bonds. The molecule has 0 unspecified atom stereocenters. The number of ether oxygens (including phenoxy) is 5. The average Bonchev–Trinajstić information content (AvgIpc) is 3.40. The molecule has 1 aliphatic heterocycles. The zero-order valence-corrected chi connectivity index (χ0v) is 22.5. The summed E-state index contributed by atoms with van der Waals surface area (Å²) in [7, 11) is -2.74. The number of fused-ring (bicyclic) bond motifs is 1. The van der Waals surface area contributed by atoms with Gasteiger partial charge in [0.25, 0.3) is 15.9 Å². The Morgan fingerprint density at radius 3 is 2.49 bits per heavy atom. The van der Waals surface area contributed by atoms with E-state index in [9.17, 15) is 18.3 Å². The fourth-order valence-electron chi connectivity index (χ4n) is 3.64. The Bertz CT molecular complexity index is 1440. The minimum Gasteiger partial charge on any atom is -0.493 e. The number of sulfonamides is 1. The maximum absolute atomic E-state index is 13.5. The number of aliphatic hydroxyl groups excluding tert-OH is 1. The summed E-state index contributed by atoms with van der Waals surface area (Å²) in [6.45, 7) is 3.84. The molecule has 0 saturated carbocycles. The molecule has 3 aromatic rings. The number of hydrogen-bond donors (Lipinski definition) is 3. The first-order valence-corrected chi connectivity index (χ1v) is 13.6. The Morgan fingerprint density at radius 2 is 1.77 bits per heavy atom. The Labute approximate surface area is 226 Å². The van der Waals surface area contributed by atoms with Crippen molar-refractivity contribution in [2.24, 2.45) is 5.92 Å². The second-order valence-electron chi connectivity index (χ2n) is 8.90. The molecule has 1 heterocycles. The van der Waals surface area contributed by atoms with Crippen LogP contribution in [0.4, 0.5) is 5.69 Å². The highest BCUT2D eigenvalue weighted by molar-refractivity contribution is 7.92. The van der Waals surface area contributed by atoms with Crippen molar-refractivity contribution in [1.82, 2.24) is 5.32 Å². The lowest BCUT2D eigenvalue weighted by Crippen LogP contribution is -2.27. The van der Waals surface area contributed by atoms with Gasteiger partial charge in [0.05, 0.1) is 24.3 Å². The number of para-hydroxylation sites is 2. The van der Waals surface area contributed by atoms with Crippen LogP contribution in [0.3, 0.4) is 0 Å². The fourth-order valence-corrected chi connectivity index (χ4v) is 4.71. The van der Waals surface area contributed by atoms with Crippen LogP contribution in [0.5, 0.6) is 34.5 Å². The van der Waals surface area contributed by atoms with Crippen molar-refractivity contribution in [3.63, 3.8) is 0 Å². The van der Waals surface area contributed by atoms with Crippen molar-refractivity contribution in [2.45, 2.75) is 18.7 Å². The molecule has 0 aliphatic carbocycles. The van der Waals surface area contributed by atoms with E-state index in [2.05, 4.69) is 10.0 Å². The van der Waals surface area contributed by atoms with Gasteiger partial charge < -0.3 is 34.1 Å². The molecule has 0 fully saturated rings. The van der Waals surface area contributed by atoms with Gasteiger partial charge in [-0.15, -0.1) is 0 Å². The molecule has 208 valence electrons. The molecule has 12 heteroatoms. The first kappa shape index (κ1) is 27.9. The van der Waals surface area contributed by atoms with Crippen LogP contribution in [-0.2, 0) is 10.0 Å². The maximum atomic E-state index is 13.5. The Kier molecular flexibility index (Phi) is 8.67. The molecular formula is C27H30N2O9S. The van der Waals surface area contributed by atoms with Gasteiger partial charge in [0.15, 0.2) is 34.5 Å². The number of hydrogen-bond acceptors (Lipinski definition) is 9. The van der Waals surface area contributed by atoms with E-state index in [1.165, 1.54) is 37.4 Å². The van der Waals surface area contributed by atoms with Gasteiger partial charge >= 0.3 is 0 Å². The third-order valence-corrected chi connectivity index (χ3v) is 6.88. The number of rotatable bonds is 12. The standard InChI is InChI=1S/C27H30N2O9S/c1-17(2)15-28-27(31)18-12-20(29-39(32,33)19-8-9-22-24(14-19)37-16-36-22)26(25(13-18)35-11-10-30)38-23-7-5-4-6-21(23)34-3/h4-9,12-14,17,29-30H,10-11,15-16H2,1-3H3,(H,28,31). The van der Waals surface area contributed by atoms with Gasteiger partial charge in [-0.2, -0.15) is 0 Å². The molecule has 39 heavy (non-hydrogen) atoms.